The molecular weight excluding hydrogens is 254 g/mol. The van der Waals surface area contributed by atoms with Crippen LogP contribution in [0.25, 0.3) is 11.1 Å². The molecule has 3 heteroatoms. The number of rotatable bonds is 4. The summed E-state index contributed by atoms with van der Waals surface area (Å²) in [5, 5.41) is 0. The summed E-state index contributed by atoms with van der Waals surface area (Å²) in [7, 11) is 3.61. The van der Waals surface area contributed by atoms with E-state index in [9.17, 15) is 0 Å². The molecule has 0 saturated heterocycles. The standard InChI is InChI=1S/C14H15NOS.C2H6/c1-15-17-14-6-4-3-5-13(14)11-7-9-12(16-2)10-8-11;1-2/h3-10,15H,1-2H3;1-2H3. The largest absolute Gasteiger partial charge is 0.497 e. The Bertz CT molecular complexity index is 482. The zero-order chi connectivity index (χ0) is 14.1. The van der Waals surface area contributed by atoms with E-state index in [0.717, 1.165) is 5.75 Å². The van der Waals surface area contributed by atoms with Gasteiger partial charge in [0.05, 0.1) is 7.11 Å². The highest BCUT2D eigenvalue weighted by Gasteiger charge is 2.04. The maximum Gasteiger partial charge on any atom is 0.118 e. The topological polar surface area (TPSA) is 21.3 Å². The molecule has 2 aromatic rings. The lowest BCUT2D eigenvalue weighted by Crippen LogP contribution is -1.92. The minimum absolute atomic E-state index is 0.882. The van der Waals surface area contributed by atoms with Crippen molar-refractivity contribution in [1.29, 1.82) is 0 Å². The molecule has 1 N–H and O–H groups in total. The maximum absolute atomic E-state index is 5.17. The van der Waals surface area contributed by atoms with Crippen LogP contribution in [0, 0.1) is 0 Å². The van der Waals surface area contributed by atoms with Crippen molar-refractivity contribution in [2.24, 2.45) is 0 Å². The average molecular weight is 275 g/mol. The Kier molecular flexibility index (Phi) is 7.08. The Labute approximate surface area is 120 Å². The molecule has 2 rings (SSSR count). The van der Waals surface area contributed by atoms with Crippen LogP contribution in [0.1, 0.15) is 13.8 Å². The number of hydrogen-bond acceptors (Lipinski definition) is 3. The molecule has 0 aliphatic carbocycles. The highest BCUT2D eigenvalue weighted by atomic mass is 32.2. The van der Waals surface area contributed by atoms with E-state index >= 15 is 0 Å². The summed E-state index contributed by atoms with van der Waals surface area (Å²) in [6, 6.07) is 16.5. The molecule has 0 aliphatic rings. The van der Waals surface area contributed by atoms with Crippen molar-refractivity contribution in [3.63, 3.8) is 0 Å². The van der Waals surface area contributed by atoms with Gasteiger partial charge in [0.1, 0.15) is 5.75 Å². The van der Waals surface area contributed by atoms with Gasteiger partial charge >= 0.3 is 0 Å². The van der Waals surface area contributed by atoms with Crippen LogP contribution in [0.2, 0.25) is 0 Å². The second-order valence-electron chi connectivity index (χ2n) is 3.53. The van der Waals surface area contributed by atoms with E-state index in [-0.39, 0.29) is 0 Å². The van der Waals surface area contributed by atoms with Gasteiger partial charge in [-0.15, -0.1) is 0 Å². The summed E-state index contributed by atoms with van der Waals surface area (Å²) in [5.41, 5.74) is 2.43. The Morgan fingerprint density at radius 2 is 1.58 bits per heavy atom. The van der Waals surface area contributed by atoms with Gasteiger partial charge in [-0.3, -0.25) is 4.72 Å². The van der Waals surface area contributed by atoms with Crippen molar-refractivity contribution in [3.8, 4) is 16.9 Å². The lowest BCUT2D eigenvalue weighted by atomic mass is 10.1. The first kappa shape index (κ1) is 15.6. The van der Waals surface area contributed by atoms with Gasteiger partial charge in [-0.05, 0) is 48.3 Å². The lowest BCUT2D eigenvalue weighted by Gasteiger charge is -2.09. The average Bonchev–Trinajstić information content (AvgIpc) is 2.50. The summed E-state index contributed by atoms with van der Waals surface area (Å²) in [5.74, 6) is 0.882. The van der Waals surface area contributed by atoms with Gasteiger partial charge < -0.3 is 4.74 Å². The first-order valence-corrected chi connectivity index (χ1v) is 7.24. The zero-order valence-corrected chi connectivity index (χ0v) is 12.8. The highest BCUT2D eigenvalue weighted by Crippen LogP contribution is 2.30. The summed E-state index contributed by atoms with van der Waals surface area (Å²) >= 11 is 1.63. The Morgan fingerprint density at radius 1 is 0.947 bits per heavy atom. The third-order valence-corrected chi connectivity index (χ3v) is 3.28. The fourth-order valence-electron chi connectivity index (χ4n) is 1.67. The van der Waals surface area contributed by atoms with Crippen molar-refractivity contribution in [2.75, 3.05) is 14.2 Å². The Balaban J connectivity index is 0.000000861. The number of hydrogen-bond donors (Lipinski definition) is 1. The van der Waals surface area contributed by atoms with E-state index in [1.54, 1.807) is 19.1 Å². The third kappa shape index (κ3) is 4.30. The van der Waals surface area contributed by atoms with E-state index < -0.39 is 0 Å². The van der Waals surface area contributed by atoms with Crippen LogP contribution in [0.15, 0.2) is 53.4 Å². The van der Waals surface area contributed by atoms with Crippen LogP contribution >= 0.6 is 11.9 Å². The van der Waals surface area contributed by atoms with Gasteiger partial charge in [0.25, 0.3) is 0 Å². The summed E-state index contributed by atoms with van der Waals surface area (Å²) in [6.07, 6.45) is 0. The minimum atomic E-state index is 0.882. The lowest BCUT2D eigenvalue weighted by molar-refractivity contribution is 0.415. The molecule has 0 spiro atoms. The molecule has 2 aromatic carbocycles. The quantitative estimate of drug-likeness (QED) is 0.823. The molecule has 2 nitrogen and oxygen atoms in total. The Morgan fingerprint density at radius 3 is 2.16 bits per heavy atom. The van der Waals surface area contributed by atoms with Crippen molar-refractivity contribution in [2.45, 2.75) is 18.7 Å². The summed E-state index contributed by atoms with van der Waals surface area (Å²) in [6.45, 7) is 4.00. The van der Waals surface area contributed by atoms with Gasteiger partial charge in [-0.2, -0.15) is 0 Å². The normalized spacial score (nSPS) is 9.47. The first-order chi connectivity index (χ1) is 9.35. The molecule has 0 fully saturated rings. The van der Waals surface area contributed by atoms with Crippen molar-refractivity contribution < 1.29 is 4.74 Å². The van der Waals surface area contributed by atoms with Crippen LogP contribution in [-0.4, -0.2) is 14.2 Å². The van der Waals surface area contributed by atoms with Crippen LogP contribution in [0.5, 0.6) is 5.75 Å². The van der Waals surface area contributed by atoms with E-state index in [1.165, 1.54) is 16.0 Å². The van der Waals surface area contributed by atoms with Crippen molar-refractivity contribution >= 4 is 11.9 Å². The van der Waals surface area contributed by atoms with Crippen LogP contribution in [-0.2, 0) is 0 Å². The fraction of sp³-hybridized carbons (Fsp3) is 0.250. The van der Waals surface area contributed by atoms with Gasteiger partial charge in [0, 0.05) is 4.90 Å². The molecule has 0 saturated carbocycles. The summed E-state index contributed by atoms with van der Waals surface area (Å²) in [4.78, 5) is 1.22. The van der Waals surface area contributed by atoms with E-state index in [4.69, 9.17) is 4.74 Å². The molecule has 102 valence electrons. The molecule has 0 unspecified atom stereocenters. The maximum atomic E-state index is 5.17. The second kappa shape index (κ2) is 8.62. The highest BCUT2D eigenvalue weighted by molar-refractivity contribution is 7.97. The van der Waals surface area contributed by atoms with Crippen LogP contribution in [0.4, 0.5) is 0 Å². The number of methoxy groups -OCH3 is 1. The SMILES string of the molecule is CC.CNSc1ccccc1-c1ccc(OC)cc1. The molecule has 0 aliphatic heterocycles. The molecule has 0 bridgehead atoms. The van der Waals surface area contributed by atoms with Gasteiger partial charge in [0.15, 0.2) is 0 Å². The molecule has 19 heavy (non-hydrogen) atoms. The number of benzene rings is 2. The fourth-order valence-corrected chi connectivity index (χ4v) is 2.34. The molecule has 0 amide bonds. The first-order valence-electron chi connectivity index (χ1n) is 6.42. The minimum Gasteiger partial charge on any atom is -0.497 e. The zero-order valence-electron chi connectivity index (χ0n) is 11.9. The molecule has 0 radical (unpaired) electrons. The second-order valence-corrected chi connectivity index (χ2v) is 4.58. The van der Waals surface area contributed by atoms with Crippen LogP contribution in [0.3, 0.4) is 0 Å². The predicted octanol–water partition coefficient (Wildman–Crippen LogP) is 4.61. The summed E-state index contributed by atoms with van der Waals surface area (Å²) < 4.78 is 8.27. The molecule has 0 heterocycles. The monoisotopic (exact) mass is 275 g/mol. The molecular formula is C16H21NOS. The van der Waals surface area contributed by atoms with Crippen LogP contribution < -0.4 is 9.46 Å². The number of ether oxygens (including phenoxy) is 1. The van der Waals surface area contributed by atoms with Gasteiger partial charge in [0.2, 0.25) is 0 Å². The van der Waals surface area contributed by atoms with Gasteiger partial charge in [-0.1, -0.05) is 44.2 Å². The van der Waals surface area contributed by atoms with Crippen molar-refractivity contribution in [1.82, 2.24) is 4.72 Å². The van der Waals surface area contributed by atoms with E-state index in [2.05, 4.69) is 35.1 Å². The van der Waals surface area contributed by atoms with Gasteiger partial charge in [-0.25, -0.2) is 0 Å². The molecule has 0 atom stereocenters. The molecule has 0 aromatic heterocycles. The third-order valence-electron chi connectivity index (χ3n) is 2.50. The van der Waals surface area contributed by atoms with E-state index in [1.807, 2.05) is 39.1 Å². The predicted molar refractivity (Wildman–Crippen MR) is 84.7 cm³/mol. The number of nitrogens with one attached hydrogen (secondary N) is 1. The van der Waals surface area contributed by atoms with Crippen molar-refractivity contribution in [3.05, 3.63) is 48.5 Å². The van der Waals surface area contributed by atoms with E-state index in [0.29, 0.717) is 0 Å². The Hall–Kier alpha value is -1.45. The smallest absolute Gasteiger partial charge is 0.118 e.